The molecule has 8 nitrogen and oxygen atoms in total. The van der Waals surface area contributed by atoms with Gasteiger partial charge in [0, 0.05) is 43.8 Å². The number of halogens is 4. The van der Waals surface area contributed by atoms with E-state index in [2.05, 4.69) is 15.5 Å². The van der Waals surface area contributed by atoms with E-state index in [4.69, 9.17) is 9.72 Å². The number of aryl methyl sites for hydroxylation is 1. The molecule has 3 unspecified atom stereocenters. The fourth-order valence-electron chi connectivity index (χ4n) is 4.65. The van der Waals surface area contributed by atoms with Crippen LogP contribution >= 0.6 is 17.0 Å². The van der Waals surface area contributed by atoms with Crippen LogP contribution in [0.2, 0.25) is 0 Å². The normalized spacial score (nSPS) is 19.2. The zero-order chi connectivity index (χ0) is 26.5. The zero-order valence-electron chi connectivity index (χ0n) is 21.5. The topological polar surface area (TPSA) is 90.0 Å². The van der Waals surface area contributed by atoms with Crippen molar-refractivity contribution in [2.45, 2.75) is 38.9 Å². The molecule has 1 aromatic heterocycles. The number of likely N-dealkylation sites (tertiary alicyclic amines) is 1. The highest BCUT2D eigenvalue weighted by molar-refractivity contribution is 8.93. The number of aliphatic hydroxyl groups excluding tert-OH is 1. The number of benzene rings is 1. The molecule has 2 amide bonds. The molecule has 0 radical (unpaired) electrons. The van der Waals surface area contributed by atoms with Gasteiger partial charge >= 0.3 is 6.03 Å². The van der Waals surface area contributed by atoms with Crippen LogP contribution in [0.3, 0.4) is 0 Å². The summed E-state index contributed by atoms with van der Waals surface area (Å²) in [6.45, 7) is 6.62. The molecule has 3 heterocycles. The lowest BCUT2D eigenvalue weighted by Gasteiger charge is -2.29. The Morgan fingerprint density at radius 3 is 2.61 bits per heavy atom. The summed E-state index contributed by atoms with van der Waals surface area (Å²) in [5, 5.41) is 15.6. The Balaban J connectivity index is 0.00000400. The van der Waals surface area contributed by atoms with Crippen LogP contribution in [-0.4, -0.2) is 85.7 Å². The van der Waals surface area contributed by atoms with Gasteiger partial charge in [0.15, 0.2) is 6.17 Å². The second-order valence-electron chi connectivity index (χ2n) is 9.66. The molecule has 12 heteroatoms. The minimum Gasteiger partial charge on any atom is -0.394 e. The third-order valence-corrected chi connectivity index (χ3v) is 6.82. The number of alkyl halides is 3. The average Bonchev–Trinajstić information content (AvgIpc) is 3.40. The van der Waals surface area contributed by atoms with Gasteiger partial charge in [0.05, 0.1) is 19.8 Å². The van der Waals surface area contributed by atoms with Crippen molar-refractivity contribution in [3.05, 3.63) is 35.9 Å². The van der Waals surface area contributed by atoms with Gasteiger partial charge in [-0.25, -0.2) is 22.9 Å². The molecular weight excluding hydrogens is 567 g/mol. The lowest BCUT2D eigenvalue weighted by atomic mass is 10.00. The van der Waals surface area contributed by atoms with E-state index in [0.29, 0.717) is 37.8 Å². The van der Waals surface area contributed by atoms with E-state index in [0.717, 1.165) is 22.5 Å². The minimum atomic E-state index is -3.05. The van der Waals surface area contributed by atoms with Crippen LogP contribution in [0.1, 0.15) is 18.9 Å². The summed E-state index contributed by atoms with van der Waals surface area (Å²) >= 11 is 0. The summed E-state index contributed by atoms with van der Waals surface area (Å²) in [5.41, 5.74) is 3.30. The third kappa shape index (κ3) is 7.29. The van der Waals surface area contributed by atoms with Crippen LogP contribution in [-0.2, 0) is 4.74 Å². The molecule has 1 aromatic carbocycles. The Labute approximate surface area is 231 Å². The van der Waals surface area contributed by atoms with Crippen LogP contribution in [0.25, 0.3) is 11.1 Å². The van der Waals surface area contributed by atoms with Crippen molar-refractivity contribution < 1.29 is 27.8 Å². The number of hydrogen-bond acceptors (Lipinski definition) is 6. The lowest BCUT2D eigenvalue weighted by Crippen LogP contribution is -2.37. The van der Waals surface area contributed by atoms with Gasteiger partial charge in [0.25, 0.3) is 6.43 Å². The van der Waals surface area contributed by atoms with Crippen LogP contribution in [0.4, 0.5) is 35.3 Å². The molecule has 3 N–H and O–H groups in total. The summed E-state index contributed by atoms with van der Waals surface area (Å²) in [6.07, 6.45) is -5.07. The average molecular weight is 602 g/mol. The maximum Gasteiger partial charge on any atom is 0.321 e. The van der Waals surface area contributed by atoms with Gasteiger partial charge in [-0.1, -0.05) is 6.07 Å². The van der Waals surface area contributed by atoms with Crippen molar-refractivity contribution in [1.29, 1.82) is 0 Å². The van der Waals surface area contributed by atoms with E-state index < -0.39 is 24.5 Å². The zero-order valence-corrected chi connectivity index (χ0v) is 23.2. The number of nitrogens with one attached hydrogen (secondary N) is 2. The van der Waals surface area contributed by atoms with E-state index in [1.807, 2.05) is 38.1 Å². The highest BCUT2D eigenvalue weighted by atomic mass is 79.9. The Hall–Kier alpha value is -2.57. The van der Waals surface area contributed by atoms with Gasteiger partial charge in [0.1, 0.15) is 11.6 Å². The van der Waals surface area contributed by atoms with Gasteiger partial charge in [0.2, 0.25) is 0 Å². The molecule has 2 aliphatic rings. The number of nitrogens with zero attached hydrogens (tertiary/aromatic N) is 3. The molecule has 2 fully saturated rings. The molecule has 2 aromatic rings. The van der Waals surface area contributed by atoms with Crippen LogP contribution in [0.15, 0.2) is 30.3 Å². The van der Waals surface area contributed by atoms with E-state index in [1.165, 1.54) is 4.90 Å². The Kier molecular flexibility index (Phi) is 10.6. The minimum absolute atomic E-state index is 0. The number of morpholine rings is 1. The van der Waals surface area contributed by atoms with Gasteiger partial charge in [-0.3, -0.25) is 0 Å². The van der Waals surface area contributed by atoms with Crippen LogP contribution in [0.5, 0.6) is 0 Å². The monoisotopic (exact) mass is 601 g/mol. The van der Waals surface area contributed by atoms with Crippen molar-refractivity contribution in [3.63, 3.8) is 0 Å². The number of aromatic nitrogens is 1. The van der Waals surface area contributed by atoms with Crippen molar-refractivity contribution in [2.24, 2.45) is 5.92 Å². The Morgan fingerprint density at radius 2 is 1.92 bits per heavy atom. The van der Waals surface area contributed by atoms with Crippen LogP contribution in [0, 0.1) is 12.8 Å². The summed E-state index contributed by atoms with van der Waals surface area (Å²) in [4.78, 5) is 21.1. The first-order chi connectivity index (χ1) is 17.7. The number of hydrogen-bond donors (Lipinski definition) is 3. The van der Waals surface area contributed by atoms with Crippen molar-refractivity contribution in [1.82, 2.24) is 9.88 Å². The molecule has 2 saturated heterocycles. The second kappa shape index (κ2) is 13.5. The first kappa shape index (κ1) is 30.0. The van der Waals surface area contributed by atoms with Crippen molar-refractivity contribution >= 4 is 40.3 Å². The maximum atomic E-state index is 13.7. The third-order valence-electron chi connectivity index (χ3n) is 6.82. The molecule has 3 atom stereocenters. The first-order valence-electron chi connectivity index (χ1n) is 12.6. The smallest absolute Gasteiger partial charge is 0.321 e. The van der Waals surface area contributed by atoms with Crippen LogP contribution < -0.4 is 15.5 Å². The van der Waals surface area contributed by atoms with Gasteiger partial charge in [-0.15, -0.1) is 17.0 Å². The number of carbonyl (C=O) groups excluding carboxylic acids is 1. The maximum absolute atomic E-state index is 13.7. The predicted octanol–water partition coefficient (Wildman–Crippen LogP) is 4.72. The lowest BCUT2D eigenvalue weighted by molar-refractivity contribution is 0.0192. The molecular formula is C26H35BrF3N5O3. The molecule has 0 saturated carbocycles. The molecule has 0 spiro atoms. The van der Waals surface area contributed by atoms with E-state index in [-0.39, 0.29) is 49.1 Å². The molecule has 0 bridgehead atoms. The Morgan fingerprint density at radius 1 is 1.18 bits per heavy atom. The predicted molar refractivity (Wildman–Crippen MR) is 148 cm³/mol. The fraction of sp³-hybridized carbons (Fsp3) is 0.538. The number of amides is 2. The molecule has 38 heavy (non-hydrogen) atoms. The molecule has 0 aliphatic carbocycles. The highest BCUT2D eigenvalue weighted by Gasteiger charge is 2.36. The van der Waals surface area contributed by atoms with Gasteiger partial charge in [-0.2, -0.15) is 0 Å². The van der Waals surface area contributed by atoms with Gasteiger partial charge < -0.3 is 30.3 Å². The quantitative estimate of drug-likeness (QED) is 0.406. The number of carbonyl (C=O) groups is 1. The SMILES string of the molecule is Br.Cc1ccc(NC(=O)N2CCC(C(F)C(F)F)C2)cc1-c1cc(NC(C)CO)nc(N2CCOCC2)c1. The van der Waals surface area contributed by atoms with Crippen molar-refractivity contribution in [3.8, 4) is 11.1 Å². The molecule has 4 rings (SSSR count). The van der Waals surface area contributed by atoms with Gasteiger partial charge in [-0.05, 0) is 61.2 Å². The summed E-state index contributed by atoms with van der Waals surface area (Å²) in [5.74, 6) is 0.546. The largest absolute Gasteiger partial charge is 0.394 e. The number of rotatable bonds is 8. The second-order valence-corrected chi connectivity index (χ2v) is 9.66. The summed E-state index contributed by atoms with van der Waals surface area (Å²) in [6, 6.07) is 8.79. The number of aliphatic hydroxyl groups is 1. The molecule has 210 valence electrons. The Bertz CT molecular complexity index is 1090. The van der Waals surface area contributed by atoms with Crippen molar-refractivity contribution in [2.75, 3.05) is 61.5 Å². The molecule has 2 aliphatic heterocycles. The number of anilines is 3. The first-order valence-corrected chi connectivity index (χ1v) is 12.6. The summed E-state index contributed by atoms with van der Waals surface area (Å²) < 4.78 is 44.7. The number of urea groups is 1. The fourth-order valence-corrected chi connectivity index (χ4v) is 4.65. The number of ether oxygens (including phenoxy) is 1. The van der Waals surface area contributed by atoms with E-state index in [9.17, 15) is 23.1 Å². The highest BCUT2D eigenvalue weighted by Crippen LogP contribution is 2.32. The van der Waals surface area contributed by atoms with E-state index >= 15 is 0 Å². The standard InChI is InChI=1S/C26H34F3N5O3.BrH/c1-16-3-4-20(31-26(36)34-6-5-18(14-34)24(27)25(28)29)13-21(16)19-11-22(30-17(2)15-35)32-23(12-19)33-7-9-37-10-8-33;/h3-4,11-13,17-18,24-25,35H,5-10,14-15H2,1-2H3,(H,30,32)(H,31,36);1H. The van der Waals surface area contributed by atoms with E-state index in [1.54, 1.807) is 6.07 Å². The number of pyridine rings is 1. The summed E-state index contributed by atoms with van der Waals surface area (Å²) in [7, 11) is 0.